The first-order chi connectivity index (χ1) is 14.3. The van der Waals surface area contributed by atoms with E-state index in [2.05, 4.69) is 5.32 Å². The first-order valence-corrected chi connectivity index (χ1v) is 11.8. The normalized spacial score (nSPS) is 12.7. The second-order valence-electron chi connectivity index (χ2n) is 7.09. The molecule has 2 rings (SSSR count). The minimum absolute atomic E-state index is 0.0655. The summed E-state index contributed by atoms with van der Waals surface area (Å²) in [5.74, 6) is -0.613. The number of carboxylic acid groups (broad SMARTS) is 1. The molecule has 2 atom stereocenters. The molecule has 0 saturated heterocycles. The third-order valence-electron chi connectivity index (χ3n) is 4.47. The Morgan fingerprint density at radius 3 is 2.23 bits per heavy atom. The van der Waals surface area contributed by atoms with Gasteiger partial charge in [0.25, 0.3) is 0 Å². The first-order valence-electron chi connectivity index (χ1n) is 9.69. The second-order valence-corrected chi connectivity index (χ2v) is 9.32. The summed E-state index contributed by atoms with van der Waals surface area (Å²) in [5, 5.41) is 12.2. The summed E-state index contributed by atoms with van der Waals surface area (Å²) in [4.78, 5) is 35.9. The van der Waals surface area contributed by atoms with Gasteiger partial charge in [-0.3, -0.25) is 9.59 Å². The van der Waals surface area contributed by atoms with E-state index in [0.29, 0.717) is 17.9 Å². The van der Waals surface area contributed by atoms with Gasteiger partial charge in [-0.15, -0.1) is 0 Å². The third kappa shape index (κ3) is 8.63. The molecule has 30 heavy (non-hydrogen) atoms. The first kappa shape index (κ1) is 24.0. The monoisotopic (exact) mass is 445 g/mol. The Hall–Kier alpha value is -2.25. The Bertz CT molecular complexity index is 840. The molecule has 0 aliphatic carbocycles. The van der Waals surface area contributed by atoms with Gasteiger partial charge in [-0.1, -0.05) is 71.9 Å². The van der Waals surface area contributed by atoms with Crippen molar-refractivity contribution in [2.24, 2.45) is 5.92 Å². The van der Waals surface area contributed by atoms with E-state index in [1.54, 1.807) is 0 Å². The number of rotatable bonds is 11. The van der Waals surface area contributed by atoms with Crippen molar-refractivity contribution in [2.45, 2.75) is 32.1 Å². The van der Waals surface area contributed by atoms with Gasteiger partial charge < -0.3 is 10.4 Å². The highest BCUT2D eigenvalue weighted by molar-refractivity contribution is 8.13. The summed E-state index contributed by atoms with van der Waals surface area (Å²) in [6, 6.07) is 16.6. The molecular weight excluding hydrogens is 418 g/mol. The minimum Gasteiger partial charge on any atom is -0.480 e. The average molecular weight is 446 g/mol. The molecule has 0 aliphatic heterocycles. The smallest absolute Gasteiger partial charge is 0.327 e. The Kier molecular flexibility index (Phi) is 9.97. The predicted molar refractivity (Wildman–Crippen MR) is 124 cm³/mol. The van der Waals surface area contributed by atoms with Crippen molar-refractivity contribution in [3.63, 3.8) is 0 Å². The van der Waals surface area contributed by atoms with Crippen LogP contribution in [0.25, 0.3) is 0 Å². The Balaban J connectivity index is 1.96. The van der Waals surface area contributed by atoms with E-state index in [-0.39, 0.29) is 16.8 Å². The molecule has 0 bridgehead atoms. The van der Waals surface area contributed by atoms with Crippen LogP contribution >= 0.6 is 23.5 Å². The molecule has 0 fully saturated rings. The molecule has 160 valence electrons. The molecule has 5 nitrogen and oxygen atoms in total. The number of amides is 1. The molecule has 0 heterocycles. The van der Waals surface area contributed by atoms with Crippen LogP contribution in [0.1, 0.15) is 23.6 Å². The molecule has 0 aromatic heterocycles. The van der Waals surface area contributed by atoms with Gasteiger partial charge >= 0.3 is 5.97 Å². The molecule has 1 amide bonds. The van der Waals surface area contributed by atoms with E-state index >= 15 is 0 Å². The maximum Gasteiger partial charge on any atom is 0.327 e. The van der Waals surface area contributed by atoms with E-state index in [1.165, 1.54) is 24.2 Å². The zero-order valence-electron chi connectivity index (χ0n) is 17.2. The zero-order chi connectivity index (χ0) is 21.9. The maximum absolute atomic E-state index is 12.8. The van der Waals surface area contributed by atoms with Crippen LogP contribution in [0.4, 0.5) is 0 Å². The minimum atomic E-state index is -1.06. The Morgan fingerprint density at radius 1 is 0.967 bits per heavy atom. The number of thioether (sulfide) groups is 2. The molecule has 2 N–H and O–H groups in total. The molecule has 0 spiro atoms. The number of carbonyl (C=O) groups excluding carboxylic acids is 2. The summed E-state index contributed by atoms with van der Waals surface area (Å²) < 4.78 is 0. The Morgan fingerprint density at radius 2 is 1.63 bits per heavy atom. The molecule has 2 aromatic rings. The van der Waals surface area contributed by atoms with Crippen molar-refractivity contribution in [3.05, 3.63) is 71.3 Å². The molecule has 0 saturated carbocycles. The highest BCUT2D eigenvalue weighted by atomic mass is 32.2. The van der Waals surface area contributed by atoms with Crippen LogP contribution in [0.5, 0.6) is 0 Å². The second kappa shape index (κ2) is 12.4. The lowest BCUT2D eigenvalue weighted by atomic mass is 10.00. The molecular formula is C23H27NO4S2. The number of carbonyl (C=O) groups is 3. The topological polar surface area (TPSA) is 83.5 Å². The van der Waals surface area contributed by atoms with Crippen LogP contribution in [0.15, 0.2) is 54.6 Å². The van der Waals surface area contributed by atoms with Crippen molar-refractivity contribution in [1.29, 1.82) is 0 Å². The summed E-state index contributed by atoms with van der Waals surface area (Å²) in [6.07, 6.45) is 0.454. The lowest BCUT2D eigenvalue weighted by Gasteiger charge is -2.20. The van der Waals surface area contributed by atoms with Crippen LogP contribution in [-0.2, 0) is 26.6 Å². The van der Waals surface area contributed by atoms with Gasteiger partial charge in [0.05, 0.1) is 5.92 Å². The molecule has 7 heteroatoms. The van der Waals surface area contributed by atoms with Gasteiger partial charge in [0.1, 0.15) is 6.04 Å². The highest BCUT2D eigenvalue weighted by Crippen LogP contribution is 2.18. The summed E-state index contributed by atoms with van der Waals surface area (Å²) >= 11 is 2.56. The van der Waals surface area contributed by atoms with Crippen LogP contribution in [0, 0.1) is 12.8 Å². The number of benzene rings is 2. The quantitative estimate of drug-likeness (QED) is 0.545. The lowest BCUT2D eigenvalue weighted by molar-refractivity contribution is -0.141. The summed E-state index contributed by atoms with van der Waals surface area (Å²) in [6.45, 7) is 3.48. The predicted octanol–water partition coefficient (Wildman–Crippen LogP) is 3.94. The van der Waals surface area contributed by atoms with Crippen LogP contribution in [0.2, 0.25) is 0 Å². The van der Waals surface area contributed by atoms with E-state index in [1.807, 2.05) is 61.5 Å². The van der Waals surface area contributed by atoms with Crippen molar-refractivity contribution >= 4 is 40.5 Å². The fraction of sp³-hybridized carbons (Fsp3) is 0.348. The summed E-state index contributed by atoms with van der Waals surface area (Å²) in [7, 11) is 0. The average Bonchev–Trinajstić information content (AvgIpc) is 2.72. The number of carboxylic acids is 1. The Labute approximate surface area is 186 Å². The highest BCUT2D eigenvalue weighted by Gasteiger charge is 2.26. The lowest BCUT2D eigenvalue weighted by Crippen LogP contribution is -2.46. The fourth-order valence-electron chi connectivity index (χ4n) is 2.79. The largest absolute Gasteiger partial charge is 0.480 e. The van der Waals surface area contributed by atoms with E-state index < -0.39 is 17.9 Å². The van der Waals surface area contributed by atoms with Gasteiger partial charge in [0.2, 0.25) is 5.91 Å². The van der Waals surface area contributed by atoms with Gasteiger partial charge in [-0.05, 0) is 24.5 Å². The van der Waals surface area contributed by atoms with E-state index in [9.17, 15) is 19.5 Å². The third-order valence-corrected chi connectivity index (χ3v) is 6.55. The SMILES string of the molecule is CC(=O)SC[C@@H](Cc1ccccc1)C(=O)N[C@H](CSCc1ccc(C)cc1)C(=O)O. The van der Waals surface area contributed by atoms with Gasteiger partial charge in [0, 0.05) is 24.2 Å². The van der Waals surface area contributed by atoms with E-state index in [0.717, 1.165) is 22.9 Å². The van der Waals surface area contributed by atoms with Crippen LogP contribution < -0.4 is 5.32 Å². The standard InChI is InChI=1S/C23H27NO4S2/c1-16-8-10-19(11-9-16)13-29-15-21(23(27)28)24-22(26)20(14-30-17(2)25)12-18-6-4-3-5-7-18/h3-11,20-21H,12-15H2,1-2H3,(H,24,26)(H,27,28)/t20-,21-/m1/s1. The van der Waals surface area contributed by atoms with Crippen molar-refractivity contribution in [3.8, 4) is 0 Å². The summed E-state index contributed by atoms with van der Waals surface area (Å²) in [5.41, 5.74) is 3.26. The fourth-order valence-corrected chi connectivity index (χ4v) is 4.50. The number of hydrogen-bond acceptors (Lipinski definition) is 5. The number of aryl methyl sites for hydroxylation is 1. The van der Waals surface area contributed by atoms with Crippen LogP contribution in [-0.4, -0.2) is 39.6 Å². The number of hydrogen-bond donors (Lipinski definition) is 2. The molecule has 2 aromatic carbocycles. The molecule has 0 aliphatic rings. The number of aliphatic carboxylic acids is 1. The maximum atomic E-state index is 12.8. The number of nitrogens with one attached hydrogen (secondary N) is 1. The van der Waals surface area contributed by atoms with Gasteiger partial charge in [0.15, 0.2) is 5.12 Å². The van der Waals surface area contributed by atoms with Gasteiger partial charge in [-0.2, -0.15) is 11.8 Å². The van der Waals surface area contributed by atoms with E-state index in [4.69, 9.17) is 0 Å². The van der Waals surface area contributed by atoms with Gasteiger partial charge in [-0.25, -0.2) is 4.79 Å². The zero-order valence-corrected chi connectivity index (χ0v) is 18.8. The van der Waals surface area contributed by atoms with Crippen molar-refractivity contribution < 1.29 is 19.5 Å². The van der Waals surface area contributed by atoms with Crippen LogP contribution in [0.3, 0.4) is 0 Å². The van der Waals surface area contributed by atoms with Crippen molar-refractivity contribution in [2.75, 3.05) is 11.5 Å². The molecule has 0 radical (unpaired) electrons. The molecule has 0 unspecified atom stereocenters. The van der Waals surface area contributed by atoms with Crippen molar-refractivity contribution in [1.82, 2.24) is 5.32 Å².